The summed E-state index contributed by atoms with van der Waals surface area (Å²) in [5.41, 5.74) is 5.28. The van der Waals surface area contributed by atoms with Crippen molar-refractivity contribution in [1.82, 2.24) is 4.90 Å². The second-order valence-corrected chi connectivity index (χ2v) is 6.29. The maximum atomic E-state index is 12.4. The molecular weight excluding hydrogens is 228 g/mol. The van der Waals surface area contributed by atoms with E-state index >= 15 is 0 Å². The van der Waals surface area contributed by atoms with Crippen molar-refractivity contribution in [3.8, 4) is 0 Å². The van der Waals surface area contributed by atoms with Crippen molar-refractivity contribution in [2.45, 2.75) is 63.5 Å². The first-order chi connectivity index (χ1) is 8.48. The Balaban J connectivity index is 1.89. The lowest BCUT2D eigenvalue weighted by Crippen LogP contribution is -2.40. The number of carbonyl (C=O) groups excluding carboxylic acids is 1. The van der Waals surface area contributed by atoms with Crippen molar-refractivity contribution in [2.75, 3.05) is 13.1 Å². The van der Waals surface area contributed by atoms with Crippen molar-refractivity contribution < 1.29 is 9.90 Å². The number of carbonyl (C=O) groups is 1. The Labute approximate surface area is 110 Å². The molecule has 0 bridgehead atoms. The van der Waals surface area contributed by atoms with Gasteiger partial charge in [-0.25, -0.2) is 0 Å². The summed E-state index contributed by atoms with van der Waals surface area (Å²) in [6.45, 7) is 3.38. The van der Waals surface area contributed by atoms with Crippen LogP contribution in [0.3, 0.4) is 0 Å². The molecule has 18 heavy (non-hydrogen) atoms. The SMILES string of the molecule is CC1(O)CCCN(C(=O)C2CCC(N)CC2)CC1. The van der Waals surface area contributed by atoms with E-state index in [2.05, 4.69) is 0 Å². The molecular formula is C14H26N2O2. The largest absolute Gasteiger partial charge is 0.390 e. The standard InChI is InChI=1S/C14H26N2O2/c1-14(18)7-2-9-16(10-8-14)13(17)11-3-5-12(15)6-4-11/h11-12,18H,2-10,15H2,1H3. The highest BCUT2D eigenvalue weighted by molar-refractivity contribution is 5.79. The van der Waals surface area contributed by atoms with Gasteiger partial charge in [-0.15, -0.1) is 0 Å². The summed E-state index contributed by atoms with van der Waals surface area (Å²) in [5, 5.41) is 10.0. The summed E-state index contributed by atoms with van der Waals surface area (Å²) >= 11 is 0. The smallest absolute Gasteiger partial charge is 0.225 e. The zero-order valence-electron chi connectivity index (χ0n) is 11.4. The van der Waals surface area contributed by atoms with Crippen LogP contribution >= 0.6 is 0 Å². The first kappa shape index (κ1) is 13.8. The second kappa shape index (κ2) is 5.57. The lowest BCUT2D eigenvalue weighted by atomic mass is 9.85. The van der Waals surface area contributed by atoms with Crippen LogP contribution < -0.4 is 5.73 Å². The topological polar surface area (TPSA) is 66.6 Å². The average Bonchev–Trinajstić information content (AvgIpc) is 2.50. The van der Waals surface area contributed by atoms with Crippen LogP contribution in [0.2, 0.25) is 0 Å². The third-order valence-electron chi connectivity index (χ3n) is 4.50. The highest BCUT2D eigenvalue weighted by Crippen LogP contribution is 2.27. The van der Waals surface area contributed by atoms with E-state index in [1.807, 2.05) is 11.8 Å². The lowest BCUT2D eigenvalue weighted by Gasteiger charge is -2.30. The number of aliphatic hydroxyl groups is 1. The van der Waals surface area contributed by atoms with Crippen LogP contribution in [0.1, 0.15) is 51.9 Å². The van der Waals surface area contributed by atoms with Crippen LogP contribution in [0.4, 0.5) is 0 Å². The number of amides is 1. The van der Waals surface area contributed by atoms with Crippen molar-refractivity contribution >= 4 is 5.91 Å². The Morgan fingerprint density at radius 3 is 2.56 bits per heavy atom. The van der Waals surface area contributed by atoms with Gasteiger partial charge >= 0.3 is 0 Å². The molecule has 1 heterocycles. The minimum Gasteiger partial charge on any atom is -0.390 e. The summed E-state index contributed by atoms with van der Waals surface area (Å²) in [5.74, 6) is 0.465. The zero-order chi connectivity index (χ0) is 13.2. The summed E-state index contributed by atoms with van der Waals surface area (Å²) in [4.78, 5) is 14.4. The molecule has 1 aliphatic heterocycles. The molecule has 2 rings (SSSR count). The molecule has 0 aromatic rings. The predicted molar refractivity (Wildman–Crippen MR) is 71.0 cm³/mol. The lowest BCUT2D eigenvalue weighted by molar-refractivity contribution is -0.136. The van der Waals surface area contributed by atoms with E-state index in [-0.39, 0.29) is 5.92 Å². The van der Waals surface area contributed by atoms with E-state index in [1.54, 1.807) is 0 Å². The van der Waals surface area contributed by atoms with Gasteiger partial charge in [0.25, 0.3) is 0 Å². The normalized spacial score (nSPS) is 38.3. The van der Waals surface area contributed by atoms with Crippen LogP contribution in [0, 0.1) is 5.92 Å². The fraction of sp³-hybridized carbons (Fsp3) is 0.929. The Bertz CT molecular complexity index is 296. The molecule has 104 valence electrons. The van der Waals surface area contributed by atoms with Gasteiger partial charge in [0.05, 0.1) is 5.60 Å². The van der Waals surface area contributed by atoms with Gasteiger partial charge < -0.3 is 15.7 Å². The quantitative estimate of drug-likeness (QED) is 0.740. The van der Waals surface area contributed by atoms with Gasteiger partial charge in [-0.2, -0.15) is 0 Å². The van der Waals surface area contributed by atoms with Crippen LogP contribution in [0.25, 0.3) is 0 Å². The Kier molecular flexibility index (Phi) is 4.28. The number of likely N-dealkylation sites (tertiary alicyclic amines) is 1. The van der Waals surface area contributed by atoms with Gasteiger partial charge in [0.1, 0.15) is 0 Å². The molecule has 1 atom stereocenters. The van der Waals surface area contributed by atoms with E-state index < -0.39 is 5.60 Å². The molecule has 1 saturated carbocycles. The average molecular weight is 254 g/mol. The highest BCUT2D eigenvalue weighted by Gasteiger charge is 2.31. The summed E-state index contributed by atoms with van der Waals surface area (Å²) in [6, 6.07) is 0.291. The molecule has 1 aliphatic carbocycles. The maximum Gasteiger partial charge on any atom is 0.225 e. The maximum absolute atomic E-state index is 12.4. The fourth-order valence-electron chi connectivity index (χ4n) is 3.11. The van der Waals surface area contributed by atoms with Crippen LogP contribution in [0.15, 0.2) is 0 Å². The second-order valence-electron chi connectivity index (χ2n) is 6.29. The third-order valence-corrected chi connectivity index (χ3v) is 4.50. The first-order valence-electron chi connectivity index (χ1n) is 7.25. The molecule has 2 aliphatic rings. The van der Waals surface area contributed by atoms with E-state index in [4.69, 9.17) is 5.73 Å². The molecule has 0 aromatic heterocycles. The summed E-state index contributed by atoms with van der Waals surface area (Å²) in [7, 11) is 0. The summed E-state index contributed by atoms with van der Waals surface area (Å²) in [6.07, 6.45) is 6.23. The third kappa shape index (κ3) is 3.45. The Hall–Kier alpha value is -0.610. The van der Waals surface area contributed by atoms with Crippen LogP contribution in [0.5, 0.6) is 0 Å². The van der Waals surface area contributed by atoms with Crippen LogP contribution in [-0.4, -0.2) is 40.6 Å². The van der Waals surface area contributed by atoms with Gasteiger partial charge in [-0.05, 0) is 51.9 Å². The van der Waals surface area contributed by atoms with Gasteiger partial charge in [0.15, 0.2) is 0 Å². The Morgan fingerprint density at radius 1 is 1.22 bits per heavy atom. The van der Waals surface area contributed by atoms with Crippen molar-refractivity contribution in [3.63, 3.8) is 0 Å². The molecule has 0 radical (unpaired) electrons. The van der Waals surface area contributed by atoms with Gasteiger partial charge in [-0.1, -0.05) is 0 Å². The van der Waals surface area contributed by atoms with Gasteiger partial charge in [0, 0.05) is 25.0 Å². The minimum absolute atomic E-state index is 0.174. The van der Waals surface area contributed by atoms with Gasteiger partial charge in [-0.3, -0.25) is 4.79 Å². The predicted octanol–water partition coefficient (Wildman–Crippen LogP) is 1.27. The monoisotopic (exact) mass is 254 g/mol. The fourth-order valence-corrected chi connectivity index (χ4v) is 3.11. The number of hydrogen-bond acceptors (Lipinski definition) is 3. The molecule has 4 nitrogen and oxygen atoms in total. The number of rotatable bonds is 1. The van der Waals surface area contributed by atoms with Crippen molar-refractivity contribution in [3.05, 3.63) is 0 Å². The van der Waals surface area contributed by atoms with Crippen molar-refractivity contribution in [1.29, 1.82) is 0 Å². The number of hydrogen-bond donors (Lipinski definition) is 2. The van der Waals surface area contributed by atoms with Crippen molar-refractivity contribution in [2.24, 2.45) is 11.7 Å². The van der Waals surface area contributed by atoms with E-state index in [0.29, 0.717) is 24.9 Å². The van der Waals surface area contributed by atoms with E-state index in [1.165, 1.54) is 0 Å². The van der Waals surface area contributed by atoms with E-state index in [0.717, 1.165) is 45.1 Å². The van der Waals surface area contributed by atoms with Crippen LogP contribution in [-0.2, 0) is 4.79 Å². The molecule has 1 saturated heterocycles. The van der Waals surface area contributed by atoms with E-state index in [9.17, 15) is 9.90 Å². The molecule has 0 spiro atoms. The molecule has 1 unspecified atom stereocenters. The van der Waals surface area contributed by atoms with Gasteiger partial charge in [0.2, 0.25) is 5.91 Å². The minimum atomic E-state index is -0.593. The first-order valence-corrected chi connectivity index (χ1v) is 7.25. The molecule has 3 N–H and O–H groups in total. The molecule has 1 amide bonds. The Morgan fingerprint density at radius 2 is 1.89 bits per heavy atom. The zero-order valence-corrected chi connectivity index (χ0v) is 11.4. The molecule has 0 aromatic carbocycles. The number of nitrogens with two attached hydrogens (primary N) is 1. The summed E-state index contributed by atoms with van der Waals surface area (Å²) < 4.78 is 0. The molecule has 4 heteroatoms. The highest BCUT2D eigenvalue weighted by atomic mass is 16.3. The number of nitrogens with zero attached hydrogens (tertiary/aromatic N) is 1. The molecule has 2 fully saturated rings.